The second-order valence-electron chi connectivity index (χ2n) is 4.61. The van der Waals surface area contributed by atoms with Gasteiger partial charge in [-0.2, -0.15) is 0 Å². The smallest absolute Gasteiger partial charge is 0.0495 e. The number of H-pyrrole nitrogens is 1. The number of nitrogens with one attached hydrogen (secondary N) is 1. The zero-order valence-electron chi connectivity index (χ0n) is 9.77. The quantitative estimate of drug-likeness (QED) is 0.704. The van der Waals surface area contributed by atoms with E-state index in [4.69, 9.17) is 5.73 Å². The molecule has 0 aliphatic carbocycles. The second kappa shape index (κ2) is 3.86. The third-order valence-corrected chi connectivity index (χ3v) is 3.02. The van der Waals surface area contributed by atoms with Crippen molar-refractivity contribution in [1.29, 1.82) is 0 Å². The van der Waals surface area contributed by atoms with E-state index in [1.165, 1.54) is 16.3 Å². The standard InChI is InChI=1S/C14H15N3/c1-9(15)6-10-2-3-13-11(7-10)12-8-16-5-4-14(12)17-13/h2-5,7-9,17H,6,15H2,1H3. The molecule has 17 heavy (non-hydrogen) atoms. The van der Waals surface area contributed by atoms with Gasteiger partial charge in [-0.25, -0.2) is 0 Å². The van der Waals surface area contributed by atoms with Gasteiger partial charge in [0.2, 0.25) is 0 Å². The number of aromatic amines is 1. The highest BCUT2D eigenvalue weighted by atomic mass is 14.7. The number of hydrogen-bond donors (Lipinski definition) is 2. The van der Waals surface area contributed by atoms with E-state index in [0.29, 0.717) is 0 Å². The molecule has 0 aliphatic rings. The van der Waals surface area contributed by atoms with Crippen LogP contribution in [0.1, 0.15) is 12.5 Å². The molecule has 1 unspecified atom stereocenters. The first-order valence-electron chi connectivity index (χ1n) is 5.84. The molecular formula is C14H15N3. The minimum atomic E-state index is 0.191. The summed E-state index contributed by atoms with van der Waals surface area (Å²) in [5.74, 6) is 0. The first kappa shape index (κ1) is 10.3. The fraction of sp³-hybridized carbons (Fsp3) is 0.214. The zero-order chi connectivity index (χ0) is 11.8. The monoisotopic (exact) mass is 225 g/mol. The number of pyridine rings is 1. The Morgan fingerprint density at radius 3 is 2.88 bits per heavy atom. The van der Waals surface area contributed by atoms with E-state index in [1.807, 2.05) is 19.2 Å². The van der Waals surface area contributed by atoms with Crippen molar-refractivity contribution in [3.8, 4) is 0 Å². The maximum absolute atomic E-state index is 5.84. The van der Waals surface area contributed by atoms with Crippen molar-refractivity contribution in [1.82, 2.24) is 9.97 Å². The highest BCUT2D eigenvalue weighted by Crippen LogP contribution is 2.25. The molecule has 0 amide bonds. The van der Waals surface area contributed by atoms with Gasteiger partial charge in [-0.3, -0.25) is 4.98 Å². The summed E-state index contributed by atoms with van der Waals surface area (Å²) in [6, 6.07) is 8.65. The molecule has 0 saturated carbocycles. The summed E-state index contributed by atoms with van der Waals surface area (Å²) in [5.41, 5.74) is 9.40. The Bertz CT molecular complexity index is 667. The first-order valence-corrected chi connectivity index (χ1v) is 5.84. The van der Waals surface area contributed by atoms with Gasteiger partial charge in [0.15, 0.2) is 0 Å². The molecule has 0 saturated heterocycles. The Kier molecular flexibility index (Phi) is 2.34. The molecule has 1 atom stereocenters. The Labute approximate surface area is 99.7 Å². The average Bonchev–Trinajstić information content (AvgIpc) is 2.66. The summed E-state index contributed by atoms with van der Waals surface area (Å²) in [6.07, 6.45) is 4.62. The minimum absolute atomic E-state index is 0.191. The maximum Gasteiger partial charge on any atom is 0.0495 e. The molecular weight excluding hydrogens is 210 g/mol. The van der Waals surface area contributed by atoms with Gasteiger partial charge in [-0.1, -0.05) is 6.07 Å². The van der Waals surface area contributed by atoms with Crippen LogP contribution in [-0.2, 0) is 6.42 Å². The number of hydrogen-bond acceptors (Lipinski definition) is 2. The fourth-order valence-corrected chi connectivity index (χ4v) is 2.29. The number of nitrogens with two attached hydrogens (primary N) is 1. The van der Waals surface area contributed by atoms with Gasteiger partial charge in [0.05, 0.1) is 0 Å². The molecule has 1 aromatic carbocycles. The third kappa shape index (κ3) is 1.78. The number of nitrogens with zero attached hydrogens (tertiary/aromatic N) is 1. The lowest BCUT2D eigenvalue weighted by atomic mass is 10.0. The molecule has 3 aromatic rings. The molecule has 2 heterocycles. The van der Waals surface area contributed by atoms with Gasteiger partial charge in [-0.15, -0.1) is 0 Å². The van der Waals surface area contributed by atoms with Crippen LogP contribution in [0.25, 0.3) is 21.8 Å². The van der Waals surface area contributed by atoms with Crippen molar-refractivity contribution in [2.45, 2.75) is 19.4 Å². The molecule has 86 valence electrons. The van der Waals surface area contributed by atoms with E-state index >= 15 is 0 Å². The van der Waals surface area contributed by atoms with Crippen LogP contribution in [0.2, 0.25) is 0 Å². The van der Waals surface area contributed by atoms with Crippen LogP contribution < -0.4 is 5.73 Å². The maximum atomic E-state index is 5.84. The second-order valence-corrected chi connectivity index (χ2v) is 4.61. The van der Waals surface area contributed by atoms with E-state index in [2.05, 4.69) is 28.2 Å². The van der Waals surface area contributed by atoms with Crippen LogP contribution in [0.5, 0.6) is 0 Å². The molecule has 0 fully saturated rings. The topological polar surface area (TPSA) is 54.7 Å². The molecule has 0 radical (unpaired) electrons. The number of rotatable bonds is 2. The van der Waals surface area contributed by atoms with E-state index in [1.54, 1.807) is 6.20 Å². The van der Waals surface area contributed by atoms with Crippen LogP contribution in [0.15, 0.2) is 36.7 Å². The molecule has 3 nitrogen and oxygen atoms in total. The molecule has 0 spiro atoms. The Morgan fingerprint density at radius 2 is 2.06 bits per heavy atom. The van der Waals surface area contributed by atoms with Gasteiger partial charge in [-0.05, 0) is 37.1 Å². The van der Waals surface area contributed by atoms with Crippen LogP contribution >= 0.6 is 0 Å². The van der Waals surface area contributed by atoms with E-state index in [-0.39, 0.29) is 6.04 Å². The van der Waals surface area contributed by atoms with Crippen molar-refractivity contribution in [3.05, 3.63) is 42.2 Å². The number of fused-ring (bicyclic) bond motifs is 3. The number of benzene rings is 1. The molecule has 0 aliphatic heterocycles. The molecule has 3 N–H and O–H groups in total. The molecule has 3 rings (SSSR count). The van der Waals surface area contributed by atoms with Crippen LogP contribution in [0.4, 0.5) is 0 Å². The van der Waals surface area contributed by atoms with Crippen molar-refractivity contribution in [2.75, 3.05) is 0 Å². The van der Waals surface area contributed by atoms with Crippen LogP contribution in [0.3, 0.4) is 0 Å². The predicted octanol–water partition coefficient (Wildman–Crippen LogP) is 2.61. The lowest BCUT2D eigenvalue weighted by Gasteiger charge is -2.04. The lowest BCUT2D eigenvalue weighted by Crippen LogP contribution is -2.17. The zero-order valence-corrected chi connectivity index (χ0v) is 9.77. The van der Waals surface area contributed by atoms with Gasteiger partial charge in [0.25, 0.3) is 0 Å². The van der Waals surface area contributed by atoms with Crippen molar-refractivity contribution < 1.29 is 0 Å². The van der Waals surface area contributed by atoms with E-state index in [0.717, 1.165) is 17.5 Å². The summed E-state index contributed by atoms with van der Waals surface area (Å²) in [6.45, 7) is 2.03. The summed E-state index contributed by atoms with van der Waals surface area (Å²) in [7, 11) is 0. The number of aromatic nitrogens is 2. The van der Waals surface area contributed by atoms with Crippen LogP contribution in [-0.4, -0.2) is 16.0 Å². The summed E-state index contributed by atoms with van der Waals surface area (Å²) in [5, 5.41) is 2.40. The van der Waals surface area contributed by atoms with Gasteiger partial charge in [0.1, 0.15) is 0 Å². The SMILES string of the molecule is CC(N)Cc1ccc2[nH]c3ccncc3c2c1. The van der Waals surface area contributed by atoms with E-state index < -0.39 is 0 Å². The Balaban J connectivity index is 2.23. The first-order chi connectivity index (χ1) is 8.24. The van der Waals surface area contributed by atoms with Crippen LogP contribution in [0, 0.1) is 0 Å². The Hall–Kier alpha value is -1.87. The lowest BCUT2D eigenvalue weighted by molar-refractivity contribution is 0.739. The largest absolute Gasteiger partial charge is 0.354 e. The van der Waals surface area contributed by atoms with Gasteiger partial charge < -0.3 is 10.7 Å². The highest BCUT2D eigenvalue weighted by molar-refractivity contribution is 6.06. The average molecular weight is 225 g/mol. The fourth-order valence-electron chi connectivity index (χ4n) is 2.29. The predicted molar refractivity (Wildman–Crippen MR) is 71.0 cm³/mol. The summed E-state index contributed by atoms with van der Waals surface area (Å²) >= 11 is 0. The summed E-state index contributed by atoms with van der Waals surface area (Å²) < 4.78 is 0. The molecule has 2 aromatic heterocycles. The van der Waals surface area contributed by atoms with Gasteiger partial charge in [0, 0.05) is 40.2 Å². The molecule has 3 heteroatoms. The van der Waals surface area contributed by atoms with Gasteiger partial charge >= 0.3 is 0 Å². The van der Waals surface area contributed by atoms with Crippen molar-refractivity contribution in [3.63, 3.8) is 0 Å². The highest BCUT2D eigenvalue weighted by Gasteiger charge is 2.05. The Morgan fingerprint density at radius 1 is 1.24 bits per heavy atom. The van der Waals surface area contributed by atoms with E-state index in [9.17, 15) is 0 Å². The normalized spacial score (nSPS) is 13.3. The van der Waals surface area contributed by atoms with Crippen molar-refractivity contribution >= 4 is 21.8 Å². The summed E-state index contributed by atoms with van der Waals surface area (Å²) in [4.78, 5) is 7.57. The minimum Gasteiger partial charge on any atom is -0.354 e. The third-order valence-electron chi connectivity index (χ3n) is 3.02. The van der Waals surface area contributed by atoms with Crippen molar-refractivity contribution in [2.24, 2.45) is 5.73 Å². The molecule has 0 bridgehead atoms.